The molecule has 0 bridgehead atoms. The summed E-state index contributed by atoms with van der Waals surface area (Å²) in [5, 5.41) is 9.62. The van der Waals surface area contributed by atoms with Crippen LogP contribution in [-0.2, 0) is 0 Å². The van der Waals surface area contributed by atoms with Gasteiger partial charge in [-0.1, -0.05) is 0 Å². The summed E-state index contributed by atoms with van der Waals surface area (Å²) in [4.78, 5) is 15.2. The Morgan fingerprint density at radius 2 is 2.36 bits per heavy atom. The van der Waals surface area contributed by atoms with Gasteiger partial charge in [0.2, 0.25) is 5.28 Å². The van der Waals surface area contributed by atoms with Gasteiger partial charge in [-0.2, -0.15) is 9.37 Å². The van der Waals surface area contributed by atoms with Crippen molar-refractivity contribution in [3.05, 3.63) is 27.5 Å². The third kappa shape index (κ3) is 1.58. The third-order valence-electron chi connectivity index (χ3n) is 0.892. The zero-order chi connectivity index (χ0) is 8.43. The molecular weight excluding hydrogens is 177 g/mol. The normalized spacial score (nSPS) is 9.64. The van der Waals surface area contributed by atoms with Gasteiger partial charge in [0.15, 0.2) is 0 Å². The van der Waals surface area contributed by atoms with Crippen LogP contribution < -0.4 is 0 Å². The van der Waals surface area contributed by atoms with Crippen LogP contribution in [0.15, 0.2) is 6.20 Å². The lowest BCUT2D eigenvalue weighted by Gasteiger charge is -1.90. The first kappa shape index (κ1) is 7.80. The summed E-state index contributed by atoms with van der Waals surface area (Å²) in [6, 6.07) is 0. The van der Waals surface area contributed by atoms with Crippen LogP contribution in [0, 0.1) is 16.1 Å². The van der Waals surface area contributed by atoms with Crippen molar-refractivity contribution in [3.8, 4) is 0 Å². The number of hydrogen-bond acceptors (Lipinski definition) is 4. The van der Waals surface area contributed by atoms with Crippen LogP contribution in [0.4, 0.5) is 10.1 Å². The molecule has 0 unspecified atom stereocenters. The van der Waals surface area contributed by atoms with Crippen molar-refractivity contribution in [2.75, 3.05) is 0 Å². The van der Waals surface area contributed by atoms with Crippen LogP contribution in [0.25, 0.3) is 0 Å². The summed E-state index contributed by atoms with van der Waals surface area (Å²) in [6.45, 7) is 0. The fraction of sp³-hybridized carbons (Fsp3) is 0. The van der Waals surface area contributed by atoms with E-state index in [0.717, 1.165) is 0 Å². The van der Waals surface area contributed by atoms with E-state index in [-0.39, 0.29) is 5.28 Å². The minimum atomic E-state index is -1.23. The largest absolute Gasteiger partial charge is 0.342 e. The molecule has 0 N–H and O–H groups in total. The zero-order valence-electron chi connectivity index (χ0n) is 4.99. The van der Waals surface area contributed by atoms with Crippen molar-refractivity contribution in [1.82, 2.24) is 9.97 Å². The minimum absolute atomic E-state index is 0.354. The molecule has 0 saturated carbocycles. The van der Waals surface area contributed by atoms with Gasteiger partial charge in [0.25, 0.3) is 5.95 Å². The van der Waals surface area contributed by atoms with Gasteiger partial charge < -0.3 is 0 Å². The van der Waals surface area contributed by atoms with E-state index in [4.69, 9.17) is 11.6 Å². The highest BCUT2D eigenvalue weighted by molar-refractivity contribution is 6.28. The quantitative estimate of drug-likeness (QED) is 0.280. The molecule has 0 fully saturated rings. The van der Waals surface area contributed by atoms with Gasteiger partial charge in [-0.15, -0.1) is 0 Å². The lowest BCUT2D eigenvalue weighted by Crippen LogP contribution is -1.96. The van der Waals surface area contributed by atoms with Crippen molar-refractivity contribution in [3.63, 3.8) is 0 Å². The Labute approximate surface area is 65.0 Å². The summed E-state index contributed by atoms with van der Waals surface area (Å²) in [7, 11) is 0. The first-order valence-corrected chi connectivity index (χ1v) is 2.81. The standard InChI is InChI=1S/C4HClFN3O2/c5-4-7-1-2(9(10)11)3(6)8-4/h1H. The number of aromatic nitrogens is 2. The molecule has 0 saturated heterocycles. The number of nitrogens with zero attached hydrogens (tertiary/aromatic N) is 3. The number of halogens is 2. The fourth-order valence-corrected chi connectivity index (χ4v) is 0.580. The Morgan fingerprint density at radius 1 is 1.73 bits per heavy atom. The molecule has 0 spiro atoms. The molecule has 1 rings (SSSR count). The Bertz CT molecular complexity index is 305. The smallest absolute Gasteiger partial charge is 0.258 e. The highest BCUT2D eigenvalue weighted by atomic mass is 35.5. The Kier molecular flexibility index (Phi) is 1.95. The van der Waals surface area contributed by atoms with Crippen LogP contribution in [0.5, 0.6) is 0 Å². The molecule has 1 heterocycles. The minimum Gasteiger partial charge on any atom is -0.258 e. The van der Waals surface area contributed by atoms with Crippen molar-refractivity contribution in [2.45, 2.75) is 0 Å². The van der Waals surface area contributed by atoms with E-state index in [9.17, 15) is 14.5 Å². The molecular formula is C4HClFN3O2. The number of hydrogen-bond donors (Lipinski definition) is 0. The van der Waals surface area contributed by atoms with Crippen LogP contribution in [0.3, 0.4) is 0 Å². The summed E-state index contributed by atoms with van der Waals surface area (Å²) < 4.78 is 12.4. The van der Waals surface area contributed by atoms with Crippen molar-refractivity contribution >= 4 is 17.3 Å². The Hall–Kier alpha value is -1.30. The molecule has 7 heteroatoms. The van der Waals surface area contributed by atoms with Crippen LogP contribution in [0.1, 0.15) is 0 Å². The molecule has 0 aliphatic heterocycles. The molecule has 0 aromatic carbocycles. The predicted octanol–water partition coefficient (Wildman–Crippen LogP) is 1.18. The first-order valence-electron chi connectivity index (χ1n) is 2.43. The Morgan fingerprint density at radius 3 is 2.82 bits per heavy atom. The fourth-order valence-electron chi connectivity index (χ4n) is 0.457. The third-order valence-corrected chi connectivity index (χ3v) is 1.07. The first-order chi connectivity index (χ1) is 5.11. The maximum Gasteiger partial charge on any atom is 0.342 e. The second-order valence-electron chi connectivity index (χ2n) is 1.57. The summed E-state index contributed by atoms with van der Waals surface area (Å²) in [5.41, 5.74) is -0.783. The molecule has 0 radical (unpaired) electrons. The van der Waals surface area contributed by atoms with Gasteiger partial charge in [0.1, 0.15) is 6.20 Å². The lowest BCUT2D eigenvalue weighted by molar-refractivity contribution is -0.388. The molecule has 1 aromatic heterocycles. The van der Waals surface area contributed by atoms with Crippen molar-refractivity contribution in [2.24, 2.45) is 0 Å². The van der Waals surface area contributed by atoms with Crippen LogP contribution >= 0.6 is 11.6 Å². The van der Waals surface area contributed by atoms with E-state index in [0.29, 0.717) is 6.20 Å². The van der Waals surface area contributed by atoms with E-state index in [2.05, 4.69) is 9.97 Å². The van der Waals surface area contributed by atoms with Crippen molar-refractivity contribution in [1.29, 1.82) is 0 Å². The second kappa shape index (κ2) is 2.75. The zero-order valence-corrected chi connectivity index (χ0v) is 5.75. The molecule has 0 aliphatic rings. The summed E-state index contributed by atoms with van der Waals surface area (Å²) in [5.74, 6) is -1.23. The topological polar surface area (TPSA) is 68.9 Å². The van der Waals surface area contributed by atoms with Gasteiger partial charge in [-0.25, -0.2) is 4.98 Å². The van der Waals surface area contributed by atoms with E-state index in [1.165, 1.54) is 0 Å². The average Bonchev–Trinajstić information content (AvgIpc) is 1.85. The summed E-state index contributed by atoms with van der Waals surface area (Å²) in [6.07, 6.45) is 0.713. The van der Waals surface area contributed by atoms with Gasteiger partial charge in [0, 0.05) is 0 Å². The van der Waals surface area contributed by atoms with E-state index >= 15 is 0 Å². The predicted molar refractivity (Wildman–Crippen MR) is 33.7 cm³/mol. The molecule has 11 heavy (non-hydrogen) atoms. The van der Waals surface area contributed by atoms with Gasteiger partial charge >= 0.3 is 5.69 Å². The molecule has 0 aliphatic carbocycles. The van der Waals surface area contributed by atoms with E-state index in [1.54, 1.807) is 0 Å². The monoisotopic (exact) mass is 177 g/mol. The average molecular weight is 178 g/mol. The maximum absolute atomic E-state index is 12.4. The Balaban J connectivity index is 3.20. The maximum atomic E-state index is 12.4. The van der Waals surface area contributed by atoms with Gasteiger partial charge in [-0.3, -0.25) is 10.1 Å². The van der Waals surface area contributed by atoms with Crippen LogP contribution in [-0.4, -0.2) is 14.9 Å². The van der Waals surface area contributed by atoms with Crippen LogP contribution in [0.2, 0.25) is 5.28 Å². The highest BCUT2D eigenvalue weighted by Crippen LogP contribution is 2.13. The molecule has 0 amide bonds. The molecule has 58 valence electrons. The molecule has 5 nitrogen and oxygen atoms in total. The van der Waals surface area contributed by atoms with Gasteiger partial charge in [0.05, 0.1) is 4.92 Å². The molecule has 1 aromatic rings. The van der Waals surface area contributed by atoms with Crippen molar-refractivity contribution < 1.29 is 9.31 Å². The van der Waals surface area contributed by atoms with Gasteiger partial charge in [-0.05, 0) is 11.6 Å². The number of rotatable bonds is 1. The second-order valence-corrected chi connectivity index (χ2v) is 1.91. The molecule has 0 atom stereocenters. The lowest BCUT2D eigenvalue weighted by atomic mass is 10.5. The summed E-state index contributed by atoms with van der Waals surface area (Å²) >= 11 is 5.14. The highest BCUT2D eigenvalue weighted by Gasteiger charge is 2.15. The van der Waals surface area contributed by atoms with E-state index in [1.807, 2.05) is 0 Å². The number of nitro groups is 1. The van der Waals surface area contributed by atoms with E-state index < -0.39 is 16.6 Å². The SMILES string of the molecule is O=[N+]([O-])c1cnc(Cl)nc1F.